The Labute approximate surface area is 49.3 Å². The molecule has 0 amide bonds. The molecule has 1 aliphatic heterocycles. The number of allylic oxidation sites excluding steroid dienone is 1. The van der Waals surface area contributed by atoms with Gasteiger partial charge in [-0.25, -0.2) is 0 Å². The Hall–Kier alpha value is -0.790. The second kappa shape index (κ2) is 2.50. The molecule has 1 heterocycles. The summed E-state index contributed by atoms with van der Waals surface area (Å²) in [5, 5.41) is 3.83. The van der Waals surface area contributed by atoms with Crippen LogP contribution in [0.2, 0.25) is 0 Å². The third-order valence-electron chi connectivity index (χ3n) is 1.05. The molecule has 0 fully saturated rings. The molecule has 0 bridgehead atoms. The number of nitrogens with one attached hydrogen (secondary N) is 1. The monoisotopic (exact) mass is 109 g/mol. The highest BCUT2D eigenvalue weighted by molar-refractivity contribution is 5.72. The average molecular weight is 109 g/mol. The van der Waals surface area contributed by atoms with Gasteiger partial charge >= 0.3 is 0 Å². The molecule has 2 heteroatoms. The standard InChI is InChI=1S/C6H9N2/c1-2-6-4-3-5-7-8-6/h3-5,8H,2H2,1H3. The van der Waals surface area contributed by atoms with Gasteiger partial charge in [0.25, 0.3) is 0 Å². The molecule has 0 atom stereocenters. The lowest BCUT2D eigenvalue weighted by Gasteiger charge is -2.09. The molecule has 0 aromatic heterocycles. The quantitative estimate of drug-likeness (QED) is 0.535. The molecule has 1 aliphatic rings. The molecule has 1 N–H and O–H groups in total. The molecule has 0 saturated carbocycles. The number of hydrogen-bond donors (Lipinski definition) is 1. The molecular weight excluding hydrogens is 100 g/mol. The van der Waals surface area contributed by atoms with Gasteiger partial charge in [-0.2, -0.15) is 5.10 Å². The first-order valence-corrected chi connectivity index (χ1v) is 2.75. The van der Waals surface area contributed by atoms with Crippen molar-refractivity contribution in [3.05, 3.63) is 18.2 Å². The zero-order valence-corrected chi connectivity index (χ0v) is 4.89. The van der Waals surface area contributed by atoms with Crippen LogP contribution in [0.4, 0.5) is 0 Å². The third kappa shape index (κ3) is 1.09. The Bertz CT molecular complexity index is 116. The van der Waals surface area contributed by atoms with Crippen LogP contribution >= 0.6 is 0 Å². The second-order valence-corrected chi connectivity index (χ2v) is 1.63. The smallest absolute Gasteiger partial charge is 0.101 e. The predicted octanol–water partition coefficient (Wildman–Crippen LogP) is 1.07. The van der Waals surface area contributed by atoms with Crippen molar-refractivity contribution in [2.75, 3.05) is 0 Å². The van der Waals surface area contributed by atoms with Crippen molar-refractivity contribution >= 4 is 6.21 Å². The van der Waals surface area contributed by atoms with E-state index < -0.39 is 0 Å². The van der Waals surface area contributed by atoms with E-state index in [0.29, 0.717) is 0 Å². The summed E-state index contributed by atoms with van der Waals surface area (Å²) >= 11 is 0. The van der Waals surface area contributed by atoms with Crippen molar-refractivity contribution in [3.8, 4) is 0 Å². The lowest BCUT2D eigenvalue weighted by atomic mass is 10.2. The summed E-state index contributed by atoms with van der Waals surface area (Å²) in [7, 11) is 0. The minimum absolute atomic E-state index is 1.02. The van der Waals surface area contributed by atoms with E-state index in [1.807, 2.05) is 12.2 Å². The zero-order chi connectivity index (χ0) is 5.82. The first-order chi connectivity index (χ1) is 3.93. The summed E-state index contributed by atoms with van der Waals surface area (Å²) in [4.78, 5) is 0. The highest BCUT2D eigenvalue weighted by Crippen LogP contribution is 2.03. The van der Waals surface area contributed by atoms with Gasteiger partial charge in [0.15, 0.2) is 0 Å². The van der Waals surface area contributed by atoms with Crippen molar-refractivity contribution < 1.29 is 0 Å². The van der Waals surface area contributed by atoms with Crippen LogP contribution < -0.4 is 5.43 Å². The maximum atomic E-state index is 3.83. The molecule has 1 rings (SSSR count). The highest BCUT2D eigenvalue weighted by Gasteiger charge is 1.99. The largest absolute Gasteiger partial charge is 0.297 e. The Morgan fingerprint density at radius 2 is 2.62 bits per heavy atom. The van der Waals surface area contributed by atoms with E-state index in [2.05, 4.69) is 17.5 Å². The Morgan fingerprint density at radius 3 is 3.00 bits per heavy atom. The molecule has 1 radical (unpaired) electrons. The van der Waals surface area contributed by atoms with Gasteiger partial charge in [-0.3, -0.25) is 5.43 Å². The minimum atomic E-state index is 1.02. The minimum Gasteiger partial charge on any atom is -0.297 e. The molecule has 0 spiro atoms. The van der Waals surface area contributed by atoms with Gasteiger partial charge in [0.2, 0.25) is 0 Å². The fourth-order valence-corrected chi connectivity index (χ4v) is 0.557. The van der Waals surface area contributed by atoms with Gasteiger partial charge in [0, 0.05) is 6.21 Å². The second-order valence-electron chi connectivity index (χ2n) is 1.63. The van der Waals surface area contributed by atoms with Gasteiger partial charge in [0.1, 0.15) is 6.04 Å². The van der Waals surface area contributed by atoms with E-state index in [0.717, 1.165) is 6.42 Å². The molecule has 0 aromatic carbocycles. The number of rotatable bonds is 1. The summed E-state index contributed by atoms with van der Waals surface area (Å²) in [5.74, 6) is 0. The van der Waals surface area contributed by atoms with Crippen LogP contribution in [0.1, 0.15) is 13.3 Å². The van der Waals surface area contributed by atoms with Crippen molar-refractivity contribution in [2.45, 2.75) is 13.3 Å². The van der Waals surface area contributed by atoms with Crippen LogP contribution in [0.5, 0.6) is 0 Å². The first kappa shape index (κ1) is 5.35. The SMILES string of the molecule is CC[C]1C=CC=NN1. The molecule has 43 valence electrons. The fraction of sp³-hybridized carbons (Fsp3) is 0.333. The summed E-state index contributed by atoms with van der Waals surface area (Å²) in [6.45, 7) is 2.09. The lowest BCUT2D eigenvalue weighted by Crippen LogP contribution is -2.14. The molecule has 0 unspecified atom stereocenters. The summed E-state index contributed by atoms with van der Waals surface area (Å²) in [5.41, 5.74) is 2.87. The predicted molar refractivity (Wildman–Crippen MR) is 34.3 cm³/mol. The number of hydrazone groups is 1. The van der Waals surface area contributed by atoms with Crippen molar-refractivity contribution in [2.24, 2.45) is 5.10 Å². The van der Waals surface area contributed by atoms with Gasteiger partial charge in [-0.15, -0.1) is 0 Å². The van der Waals surface area contributed by atoms with E-state index in [-0.39, 0.29) is 0 Å². The number of nitrogens with zero attached hydrogens (tertiary/aromatic N) is 1. The van der Waals surface area contributed by atoms with E-state index in [1.54, 1.807) is 6.21 Å². The van der Waals surface area contributed by atoms with E-state index in [9.17, 15) is 0 Å². The Morgan fingerprint density at radius 1 is 1.75 bits per heavy atom. The van der Waals surface area contributed by atoms with Gasteiger partial charge in [0.05, 0.1) is 0 Å². The van der Waals surface area contributed by atoms with Crippen LogP contribution in [0.15, 0.2) is 17.3 Å². The van der Waals surface area contributed by atoms with Crippen LogP contribution in [0, 0.1) is 6.04 Å². The van der Waals surface area contributed by atoms with Gasteiger partial charge < -0.3 is 0 Å². The molecule has 0 aliphatic carbocycles. The van der Waals surface area contributed by atoms with E-state index in [4.69, 9.17) is 0 Å². The molecule has 0 aromatic rings. The molecule has 2 nitrogen and oxygen atoms in total. The first-order valence-electron chi connectivity index (χ1n) is 2.75. The van der Waals surface area contributed by atoms with Crippen LogP contribution in [-0.2, 0) is 0 Å². The zero-order valence-electron chi connectivity index (χ0n) is 4.89. The molecule has 0 saturated heterocycles. The fourth-order valence-electron chi connectivity index (χ4n) is 0.557. The van der Waals surface area contributed by atoms with E-state index >= 15 is 0 Å². The molecular formula is C6H9N2. The summed E-state index contributed by atoms with van der Waals surface area (Å²) in [6.07, 6.45) is 6.70. The van der Waals surface area contributed by atoms with Gasteiger partial charge in [-0.05, 0) is 12.5 Å². The topological polar surface area (TPSA) is 24.4 Å². The molecule has 8 heavy (non-hydrogen) atoms. The summed E-state index contributed by atoms with van der Waals surface area (Å²) < 4.78 is 0. The Kier molecular flexibility index (Phi) is 1.67. The Balaban J connectivity index is 2.40. The van der Waals surface area contributed by atoms with Gasteiger partial charge in [-0.1, -0.05) is 13.0 Å². The lowest BCUT2D eigenvalue weighted by molar-refractivity contribution is 0.738. The average Bonchev–Trinajstić information content (AvgIpc) is 1.90. The van der Waals surface area contributed by atoms with Crippen LogP contribution in [0.25, 0.3) is 0 Å². The highest BCUT2D eigenvalue weighted by atomic mass is 15.3. The third-order valence-corrected chi connectivity index (χ3v) is 1.05. The van der Waals surface area contributed by atoms with Crippen molar-refractivity contribution in [1.29, 1.82) is 0 Å². The maximum Gasteiger partial charge on any atom is 0.101 e. The van der Waals surface area contributed by atoms with Crippen molar-refractivity contribution in [3.63, 3.8) is 0 Å². The van der Waals surface area contributed by atoms with Crippen LogP contribution in [-0.4, -0.2) is 6.21 Å². The maximum absolute atomic E-state index is 3.83. The van der Waals surface area contributed by atoms with Crippen LogP contribution in [0.3, 0.4) is 0 Å². The van der Waals surface area contributed by atoms with E-state index in [1.165, 1.54) is 6.04 Å². The summed E-state index contributed by atoms with van der Waals surface area (Å²) in [6, 6.07) is 1.17. The van der Waals surface area contributed by atoms with Crippen molar-refractivity contribution in [1.82, 2.24) is 5.43 Å². The normalized spacial score (nSPS) is 18.6. The number of hydrogen-bond acceptors (Lipinski definition) is 2.